The summed E-state index contributed by atoms with van der Waals surface area (Å²) >= 11 is 0. The maximum Gasteiger partial charge on any atom is 0.262 e. The highest BCUT2D eigenvalue weighted by atomic mass is 19.1. The second kappa shape index (κ2) is 6.48. The first-order valence-corrected chi connectivity index (χ1v) is 7.22. The highest BCUT2D eigenvalue weighted by molar-refractivity contribution is 6.03. The number of halogens is 1. The molecule has 118 valence electrons. The molecule has 5 nitrogen and oxygen atoms in total. The predicted octanol–water partition coefficient (Wildman–Crippen LogP) is 2.13. The number of carbonyl (C=O) groups excluding carboxylic acids is 2. The predicted molar refractivity (Wildman–Crippen MR) is 83.0 cm³/mol. The number of rotatable bonds is 4. The van der Waals surface area contributed by atoms with Gasteiger partial charge in [-0.05, 0) is 36.2 Å². The molecular weight excluding hydrogens is 299 g/mol. The molecule has 23 heavy (non-hydrogen) atoms. The van der Waals surface area contributed by atoms with E-state index in [1.807, 2.05) is 0 Å². The summed E-state index contributed by atoms with van der Waals surface area (Å²) in [5, 5.41) is 5.46. The van der Waals surface area contributed by atoms with Crippen LogP contribution in [0.25, 0.3) is 0 Å². The van der Waals surface area contributed by atoms with E-state index >= 15 is 0 Å². The fourth-order valence-corrected chi connectivity index (χ4v) is 2.36. The number of amides is 2. The lowest BCUT2D eigenvalue weighted by Gasteiger charge is -2.20. The number of carbonyl (C=O) groups is 2. The molecule has 0 fully saturated rings. The van der Waals surface area contributed by atoms with E-state index in [0.29, 0.717) is 30.0 Å². The van der Waals surface area contributed by atoms with E-state index in [9.17, 15) is 14.0 Å². The molecule has 2 amide bonds. The van der Waals surface area contributed by atoms with Crippen molar-refractivity contribution in [2.24, 2.45) is 0 Å². The molecule has 0 unspecified atom stereocenters. The van der Waals surface area contributed by atoms with Crippen LogP contribution in [0.2, 0.25) is 0 Å². The lowest BCUT2D eigenvalue weighted by molar-refractivity contribution is -0.118. The maximum atomic E-state index is 12.8. The van der Waals surface area contributed by atoms with E-state index in [0.717, 1.165) is 5.56 Å². The van der Waals surface area contributed by atoms with Crippen molar-refractivity contribution in [3.05, 3.63) is 59.4 Å². The second-order valence-electron chi connectivity index (χ2n) is 5.15. The Balaban J connectivity index is 1.63. The third-order valence-electron chi connectivity index (χ3n) is 3.49. The van der Waals surface area contributed by atoms with Crippen molar-refractivity contribution in [2.45, 2.75) is 6.42 Å². The van der Waals surface area contributed by atoms with Gasteiger partial charge in [0.2, 0.25) is 0 Å². The monoisotopic (exact) mass is 314 g/mol. The molecule has 1 heterocycles. The van der Waals surface area contributed by atoms with Gasteiger partial charge in [-0.1, -0.05) is 18.2 Å². The van der Waals surface area contributed by atoms with Crippen molar-refractivity contribution in [3.63, 3.8) is 0 Å². The highest BCUT2D eigenvalue weighted by Crippen LogP contribution is 2.31. The first kappa shape index (κ1) is 15.0. The number of hydrogen-bond acceptors (Lipinski definition) is 3. The van der Waals surface area contributed by atoms with Gasteiger partial charge in [-0.2, -0.15) is 0 Å². The van der Waals surface area contributed by atoms with Gasteiger partial charge in [-0.15, -0.1) is 0 Å². The minimum Gasteiger partial charge on any atom is -0.481 e. The number of hydrogen-bond donors (Lipinski definition) is 2. The van der Waals surface area contributed by atoms with Crippen LogP contribution in [-0.2, 0) is 11.2 Å². The van der Waals surface area contributed by atoms with Gasteiger partial charge in [-0.3, -0.25) is 9.59 Å². The summed E-state index contributed by atoms with van der Waals surface area (Å²) in [7, 11) is 0. The summed E-state index contributed by atoms with van der Waals surface area (Å²) in [5.41, 5.74) is 1.80. The number of nitrogens with one attached hydrogen (secondary N) is 2. The molecule has 0 spiro atoms. The van der Waals surface area contributed by atoms with Gasteiger partial charge in [0.1, 0.15) is 5.82 Å². The Kier molecular flexibility index (Phi) is 4.23. The SMILES string of the molecule is O=C1COc2c(cccc2C(=O)NCCc2ccc(F)cc2)N1. The van der Waals surface area contributed by atoms with Crippen molar-refractivity contribution in [1.82, 2.24) is 5.32 Å². The zero-order chi connectivity index (χ0) is 16.2. The molecule has 0 aromatic heterocycles. The Labute approximate surface area is 132 Å². The number of ether oxygens (including phenoxy) is 1. The molecule has 6 heteroatoms. The Hall–Kier alpha value is -2.89. The van der Waals surface area contributed by atoms with Gasteiger partial charge >= 0.3 is 0 Å². The van der Waals surface area contributed by atoms with Crippen LogP contribution in [-0.4, -0.2) is 25.0 Å². The quantitative estimate of drug-likeness (QED) is 0.908. The van der Waals surface area contributed by atoms with E-state index in [1.54, 1.807) is 30.3 Å². The van der Waals surface area contributed by atoms with Gasteiger partial charge in [0.05, 0.1) is 11.3 Å². The van der Waals surface area contributed by atoms with Gasteiger partial charge in [0.15, 0.2) is 12.4 Å². The molecular formula is C17H15FN2O3. The molecule has 0 atom stereocenters. The third-order valence-corrected chi connectivity index (χ3v) is 3.49. The molecule has 1 aliphatic heterocycles. The molecule has 3 rings (SSSR count). The van der Waals surface area contributed by atoms with Crippen LogP contribution in [0.4, 0.5) is 10.1 Å². The van der Waals surface area contributed by atoms with E-state index in [2.05, 4.69) is 10.6 Å². The summed E-state index contributed by atoms with van der Waals surface area (Å²) in [5.74, 6) is -0.425. The number of anilines is 1. The standard InChI is InChI=1S/C17H15FN2O3/c18-12-6-4-11(5-7-12)8-9-19-17(22)13-2-1-3-14-16(13)23-10-15(21)20-14/h1-7H,8-10H2,(H,19,22)(H,20,21). The number of para-hydroxylation sites is 1. The van der Waals surface area contributed by atoms with Crippen LogP contribution < -0.4 is 15.4 Å². The largest absolute Gasteiger partial charge is 0.481 e. The highest BCUT2D eigenvalue weighted by Gasteiger charge is 2.22. The van der Waals surface area contributed by atoms with Gasteiger partial charge in [0, 0.05) is 6.54 Å². The van der Waals surface area contributed by atoms with E-state index in [1.165, 1.54) is 12.1 Å². The lowest BCUT2D eigenvalue weighted by atomic mass is 10.1. The Morgan fingerprint density at radius 1 is 1.22 bits per heavy atom. The Morgan fingerprint density at radius 3 is 2.78 bits per heavy atom. The Morgan fingerprint density at radius 2 is 2.00 bits per heavy atom. The average Bonchev–Trinajstić information content (AvgIpc) is 2.55. The molecule has 2 aromatic rings. The van der Waals surface area contributed by atoms with Crippen LogP contribution in [0.5, 0.6) is 5.75 Å². The fraction of sp³-hybridized carbons (Fsp3) is 0.176. The summed E-state index contributed by atoms with van der Waals surface area (Å²) in [6, 6.07) is 11.2. The smallest absolute Gasteiger partial charge is 0.262 e. The number of fused-ring (bicyclic) bond motifs is 1. The minimum atomic E-state index is -0.284. The summed E-state index contributed by atoms with van der Waals surface area (Å²) in [6.07, 6.45) is 0.596. The van der Waals surface area contributed by atoms with E-state index in [-0.39, 0.29) is 24.2 Å². The number of benzene rings is 2. The zero-order valence-electron chi connectivity index (χ0n) is 12.3. The van der Waals surface area contributed by atoms with Crippen LogP contribution in [0, 0.1) is 5.82 Å². The summed E-state index contributed by atoms with van der Waals surface area (Å²) in [6.45, 7) is 0.313. The molecule has 0 radical (unpaired) electrons. The van der Waals surface area contributed by atoms with Crippen molar-refractivity contribution in [2.75, 3.05) is 18.5 Å². The molecule has 0 aliphatic carbocycles. The van der Waals surface area contributed by atoms with Crippen molar-refractivity contribution < 1.29 is 18.7 Å². The average molecular weight is 314 g/mol. The van der Waals surface area contributed by atoms with Gasteiger partial charge in [0.25, 0.3) is 11.8 Å². The van der Waals surface area contributed by atoms with Gasteiger partial charge < -0.3 is 15.4 Å². The first-order valence-electron chi connectivity index (χ1n) is 7.22. The van der Waals surface area contributed by atoms with E-state index in [4.69, 9.17) is 4.74 Å². The fourth-order valence-electron chi connectivity index (χ4n) is 2.36. The van der Waals surface area contributed by atoms with Gasteiger partial charge in [-0.25, -0.2) is 4.39 Å². The topological polar surface area (TPSA) is 67.4 Å². The lowest BCUT2D eigenvalue weighted by Crippen LogP contribution is -2.30. The molecule has 2 N–H and O–H groups in total. The molecule has 2 aromatic carbocycles. The zero-order valence-corrected chi connectivity index (χ0v) is 12.3. The van der Waals surface area contributed by atoms with Crippen molar-refractivity contribution in [1.29, 1.82) is 0 Å². The summed E-state index contributed by atoms with van der Waals surface area (Å²) < 4.78 is 18.2. The van der Waals surface area contributed by atoms with Crippen molar-refractivity contribution in [3.8, 4) is 5.75 Å². The Bertz CT molecular complexity index is 744. The first-order chi connectivity index (χ1) is 11.1. The third kappa shape index (κ3) is 3.48. The maximum absolute atomic E-state index is 12.8. The van der Waals surface area contributed by atoms with Crippen LogP contribution in [0.1, 0.15) is 15.9 Å². The minimum absolute atomic E-state index is 0.104. The van der Waals surface area contributed by atoms with E-state index < -0.39 is 0 Å². The van der Waals surface area contributed by atoms with Crippen molar-refractivity contribution >= 4 is 17.5 Å². The summed E-state index contributed by atoms with van der Waals surface area (Å²) in [4.78, 5) is 23.6. The molecule has 0 saturated carbocycles. The molecule has 0 saturated heterocycles. The normalized spacial score (nSPS) is 12.8. The van der Waals surface area contributed by atoms with Crippen LogP contribution in [0.3, 0.4) is 0 Å². The van der Waals surface area contributed by atoms with Crippen LogP contribution >= 0.6 is 0 Å². The molecule has 1 aliphatic rings. The molecule has 0 bridgehead atoms. The second-order valence-corrected chi connectivity index (χ2v) is 5.15. The van der Waals surface area contributed by atoms with Crippen LogP contribution in [0.15, 0.2) is 42.5 Å².